The number of aliphatic hydroxyl groups is 1. The van der Waals surface area contributed by atoms with Crippen molar-refractivity contribution in [1.82, 2.24) is 4.90 Å². The monoisotopic (exact) mass is 353 g/mol. The molecule has 1 aromatic rings. The molecule has 114 valence electrons. The second-order valence-corrected chi connectivity index (χ2v) is 6.47. The first-order valence-corrected chi connectivity index (χ1v) is 8.19. The third-order valence-corrected chi connectivity index (χ3v) is 4.81. The first-order chi connectivity index (χ1) is 10.1. The molecule has 1 atom stereocenters. The second-order valence-electron chi connectivity index (χ2n) is 5.61. The minimum absolute atomic E-state index is 0.346. The van der Waals surface area contributed by atoms with Gasteiger partial charge in [-0.05, 0) is 41.0 Å². The second kappa shape index (κ2) is 5.94. The molecule has 1 fully saturated rings. The van der Waals surface area contributed by atoms with Crippen molar-refractivity contribution in [3.63, 3.8) is 0 Å². The Balaban J connectivity index is 1.78. The van der Waals surface area contributed by atoms with E-state index >= 15 is 0 Å². The topological polar surface area (TPSA) is 55.8 Å². The average molecular weight is 354 g/mol. The lowest BCUT2D eigenvalue weighted by Gasteiger charge is -2.36. The summed E-state index contributed by atoms with van der Waals surface area (Å²) in [6.07, 6.45) is 0.138. The molecule has 21 heavy (non-hydrogen) atoms. The summed E-state index contributed by atoms with van der Waals surface area (Å²) in [6.45, 7) is 7.44. The SMILES string of the molecule is CCCN1CCN(c2cc3c(cc2Br)C(O)C(=O)N3)CC1. The van der Waals surface area contributed by atoms with Crippen molar-refractivity contribution in [1.29, 1.82) is 0 Å². The van der Waals surface area contributed by atoms with Crippen LogP contribution in [0.25, 0.3) is 0 Å². The lowest BCUT2D eigenvalue weighted by molar-refractivity contribution is -0.123. The van der Waals surface area contributed by atoms with E-state index in [1.54, 1.807) is 0 Å². The van der Waals surface area contributed by atoms with Crippen molar-refractivity contribution in [2.45, 2.75) is 19.4 Å². The molecule has 2 aliphatic heterocycles. The van der Waals surface area contributed by atoms with E-state index in [9.17, 15) is 9.90 Å². The Hall–Kier alpha value is -1.11. The summed E-state index contributed by atoms with van der Waals surface area (Å²) in [5.41, 5.74) is 2.46. The van der Waals surface area contributed by atoms with E-state index in [1.165, 1.54) is 6.42 Å². The molecule has 2 N–H and O–H groups in total. The lowest BCUT2D eigenvalue weighted by Crippen LogP contribution is -2.46. The standard InChI is InChI=1S/C15H20BrN3O2/c1-2-3-18-4-6-19(7-5-18)13-9-12-10(8-11(13)16)14(20)15(21)17-12/h8-9,14,20H,2-7H2,1H3,(H,17,21). The van der Waals surface area contributed by atoms with Gasteiger partial charge < -0.3 is 15.3 Å². The van der Waals surface area contributed by atoms with E-state index in [4.69, 9.17) is 0 Å². The molecule has 5 nitrogen and oxygen atoms in total. The first kappa shape index (κ1) is 14.8. The number of benzene rings is 1. The fourth-order valence-electron chi connectivity index (χ4n) is 3.02. The number of anilines is 2. The summed E-state index contributed by atoms with van der Waals surface area (Å²) in [5.74, 6) is -0.346. The van der Waals surface area contributed by atoms with Gasteiger partial charge in [-0.3, -0.25) is 9.69 Å². The summed E-state index contributed by atoms with van der Waals surface area (Å²) < 4.78 is 0.931. The number of carbonyl (C=O) groups is 1. The molecule has 6 heteroatoms. The normalized spacial score (nSPS) is 22.3. The molecular weight excluding hydrogens is 334 g/mol. The fourth-order valence-corrected chi connectivity index (χ4v) is 3.64. The largest absolute Gasteiger partial charge is 0.378 e. The van der Waals surface area contributed by atoms with Crippen LogP contribution in [0.3, 0.4) is 0 Å². The molecule has 0 bridgehead atoms. The van der Waals surface area contributed by atoms with E-state index < -0.39 is 6.10 Å². The van der Waals surface area contributed by atoms with Gasteiger partial charge in [0, 0.05) is 41.9 Å². The molecule has 2 aliphatic rings. The van der Waals surface area contributed by atoms with E-state index in [1.807, 2.05) is 12.1 Å². The van der Waals surface area contributed by atoms with Gasteiger partial charge in [-0.15, -0.1) is 0 Å². The van der Waals surface area contributed by atoms with Crippen molar-refractivity contribution in [2.24, 2.45) is 0 Å². The number of nitrogens with zero attached hydrogens (tertiary/aromatic N) is 2. The molecule has 0 aliphatic carbocycles. The smallest absolute Gasteiger partial charge is 0.257 e. The minimum atomic E-state index is -1.05. The molecule has 1 aromatic carbocycles. The van der Waals surface area contributed by atoms with Crippen LogP contribution in [0, 0.1) is 0 Å². The number of amides is 1. The van der Waals surface area contributed by atoms with E-state index in [0.717, 1.165) is 48.6 Å². The molecule has 0 radical (unpaired) electrons. The lowest BCUT2D eigenvalue weighted by atomic mass is 10.1. The Morgan fingerprint density at radius 3 is 2.71 bits per heavy atom. The number of nitrogens with one attached hydrogen (secondary N) is 1. The third-order valence-electron chi connectivity index (χ3n) is 4.17. The highest BCUT2D eigenvalue weighted by Crippen LogP contribution is 2.39. The fraction of sp³-hybridized carbons (Fsp3) is 0.533. The van der Waals surface area contributed by atoms with Crippen LogP contribution in [0.5, 0.6) is 0 Å². The Morgan fingerprint density at radius 1 is 1.33 bits per heavy atom. The van der Waals surface area contributed by atoms with Crippen LogP contribution in [0.1, 0.15) is 25.0 Å². The Labute approximate surface area is 133 Å². The molecule has 0 saturated carbocycles. The Bertz CT molecular complexity index is 556. The Morgan fingerprint density at radius 2 is 2.05 bits per heavy atom. The van der Waals surface area contributed by atoms with Gasteiger partial charge in [-0.25, -0.2) is 0 Å². The molecule has 0 aromatic heterocycles. The van der Waals surface area contributed by atoms with Crippen LogP contribution in [-0.4, -0.2) is 48.6 Å². The molecule has 1 saturated heterocycles. The van der Waals surface area contributed by atoms with Crippen molar-refractivity contribution >= 4 is 33.2 Å². The van der Waals surface area contributed by atoms with Crippen molar-refractivity contribution < 1.29 is 9.90 Å². The summed E-state index contributed by atoms with van der Waals surface area (Å²) >= 11 is 3.57. The van der Waals surface area contributed by atoms with Crippen LogP contribution in [0.4, 0.5) is 11.4 Å². The predicted molar refractivity (Wildman–Crippen MR) is 86.7 cm³/mol. The van der Waals surface area contributed by atoms with Gasteiger partial charge in [-0.1, -0.05) is 6.92 Å². The van der Waals surface area contributed by atoms with Crippen molar-refractivity contribution in [3.8, 4) is 0 Å². The van der Waals surface area contributed by atoms with Gasteiger partial charge in [0.25, 0.3) is 5.91 Å². The molecule has 1 unspecified atom stereocenters. The highest BCUT2D eigenvalue weighted by atomic mass is 79.9. The number of piperazine rings is 1. The molecule has 3 rings (SSSR count). The van der Waals surface area contributed by atoms with Gasteiger partial charge in [0.05, 0.1) is 5.69 Å². The maximum atomic E-state index is 11.5. The van der Waals surface area contributed by atoms with Gasteiger partial charge in [-0.2, -0.15) is 0 Å². The van der Waals surface area contributed by atoms with E-state index in [-0.39, 0.29) is 5.91 Å². The predicted octanol–water partition coefficient (Wildman–Crippen LogP) is 1.97. The average Bonchev–Trinajstić information content (AvgIpc) is 2.75. The maximum absolute atomic E-state index is 11.5. The third kappa shape index (κ3) is 2.80. The number of halogens is 1. The minimum Gasteiger partial charge on any atom is -0.378 e. The number of aliphatic hydroxyl groups excluding tert-OH is 1. The number of fused-ring (bicyclic) bond motifs is 1. The quantitative estimate of drug-likeness (QED) is 0.872. The van der Waals surface area contributed by atoms with Crippen molar-refractivity contribution in [2.75, 3.05) is 42.9 Å². The van der Waals surface area contributed by atoms with E-state index in [2.05, 4.69) is 38.0 Å². The van der Waals surface area contributed by atoms with E-state index in [0.29, 0.717) is 5.56 Å². The van der Waals surface area contributed by atoms with Gasteiger partial charge in [0.1, 0.15) is 0 Å². The van der Waals surface area contributed by atoms with Crippen molar-refractivity contribution in [3.05, 3.63) is 22.2 Å². The number of hydrogen-bond donors (Lipinski definition) is 2. The maximum Gasteiger partial charge on any atom is 0.257 e. The van der Waals surface area contributed by atoms with Gasteiger partial charge in [0.2, 0.25) is 0 Å². The van der Waals surface area contributed by atoms with Crippen LogP contribution in [0.15, 0.2) is 16.6 Å². The highest BCUT2D eigenvalue weighted by molar-refractivity contribution is 9.10. The summed E-state index contributed by atoms with van der Waals surface area (Å²) in [5, 5.41) is 12.6. The molecule has 2 heterocycles. The molecule has 0 spiro atoms. The highest BCUT2D eigenvalue weighted by Gasteiger charge is 2.30. The number of hydrogen-bond acceptors (Lipinski definition) is 4. The summed E-state index contributed by atoms with van der Waals surface area (Å²) in [4.78, 5) is 16.4. The summed E-state index contributed by atoms with van der Waals surface area (Å²) in [7, 11) is 0. The zero-order valence-corrected chi connectivity index (χ0v) is 13.7. The number of carbonyl (C=O) groups excluding carboxylic acids is 1. The van der Waals surface area contributed by atoms with Gasteiger partial charge >= 0.3 is 0 Å². The zero-order chi connectivity index (χ0) is 15.0. The Kier molecular flexibility index (Phi) is 4.19. The van der Waals surface area contributed by atoms with Crippen LogP contribution in [0.2, 0.25) is 0 Å². The first-order valence-electron chi connectivity index (χ1n) is 7.40. The zero-order valence-electron chi connectivity index (χ0n) is 12.1. The molecular formula is C15H20BrN3O2. The van der Waals surface area contributed by atoms with Crippen LogP contribution < -0.4 is 10.2 Å². The van der Waals surface area contributed by atoms with Crippen LogP contribution >= 0.6 is 15.9 Å². The van der Waals surface area contributed by atoms with Crippen LogP contribution in [-0.2, 0) is 4.79 Å². The summed E-state index contributed by atoms with van der Waals surface area (Å²) in [6, 6.07) is 3.81. The number of rotatable bonds is 3. The van der Waals surface area contributed by atoms with Gasteiger partial charge in [0.15, 0.2) is 6.10 Å². The molecule has 1 amide bonds.